The fourth-order valence-electron chi connectivity index (χ4n) is 4.66. The number of aromatic amines is 1. The molecule has 0 radical (unpaired) electrons. The Balaban J connectivity index is 1.58. The highest BCUT2D eigenvalue weighted by atomic mass is 32.1. The van der Waals surface area contributed by atoms with Crippen molar-refractivity contribution < 1.29 is 19.5 Å². The molecule has 0 atom stereocenters. The number of amides is 2. The van der Waals surface area contributed by atoms with E-state index >= 15 is 0 Å². The number of aryl methyl sites for hydroxylation is 1. The van der Waals surface area contributed by atoms with E-state index in [9.17, 15) is 19.5 Å². The van der Waals surface area contributed by atoms with Gasteiger partial charge in [-0.2, -0.15) is 5.10 Å². The molecular weight excluding hydrogens is 476 g/mol. The highest BCUT2D eigenvalue weighted by molar-refractivity contribution is 7.18. The van der Waals surface area contributed by atoms with E-state index in [1.165, 1.54) is 0 Å². The number of aromatic nitrogens is 2. The number of nitrogens with zero attached hydrogens (tertiary/aromatic N) is 2. The number of hydrogen-bond donors (Lipinski definition) is 3. The molecule has 9 heteroatoms. The van der Waals surface area contributed by atoms with Crippen molar-refractivity contribution in [3.05, 3.63) is 52.7 Å². The largest absolute Gasteiger partial charge is 0.477 e. The van der Waals surface area contributed by atoms with Crippen LogP contribution in [0.4, 0.5) is 11.4 Å². The molecule has 0 spiro atoms. The highest BCUT2D eigenvalue weighted by Crippen LogP contribution is 2.40. The van der Waals surface area contributed by atoms with Crippen LogP contribution in [0, 0.1) is 18.8 Å². The summed E-state index contributed by atoms with van der Waals surface area (Å²) in [5.41, 5.74) is 2.96. The molecule has 0 aliphatic heterocycles. The molecule has 0 saturated heterocycles. The van der Waals surface area contributed by atoms with E-state index in [1.807, 2.05) is 32.9 Å². The lowest BCUT2D eigenvalue weighted by atomic mass is 9.82. The summed E-state index contributed by atoms with van der Waals surface area (Å²) in [4.78, 5) is 40.6. The van der Waals surface area contributed by atoms with E-state index in [2.05, 4.69) is 22.4 Å². The Hall–Kier alpha value is -3.46. The zero-order chi connectivity index (χ0) is 26.0. The topological polar surface area (TPSA) is 115 Å². The Morgan fingerprint density at radius 1 is 1.11 bits per heavy atom. The number of carbonyl (C=O) groups excluding carboxylic acids is 2. The molecule has 1 aromatic carbocycles. The van der Waals surface area contributed by atoms with Crippen molar-refractivity contribution in [1.29, 1.82) is 0 Å². The fraction of sp³-hybridized carbons (Fsp3) is 0.407. The predicted octanol–water partition coefficient (Wildman–Crippen LogP) is 5.96. The van der Waals surface area contributed by atoms with Crippen LogP contribution in [0.2, 0.25) is 0 Å². The molecule has 8 nitrogen and oxygen atoms in total. The van der Waals surface area contributed by atoms with Crippen LogP contribution in [0.25, 0.3) is 10.4 Å². The van der Waals surface area contributed by atoms with Gasteiger partial charge in [0.25, 0.3) is 5.91 Å². The molecule has 3 aromatic rings. The molecule has 1 fully saturated rings. The van der Waals surface area contributed by atoms with Crippen LogP contribution in [-0.2, 0) is 4.79 Å². The van der Waals surface area contributed by atoms with Gasteiger partial charge >= 0.3 is 5.97 Å². The summed E-state index contributed by atoms with van der Waals surface area (Å²) < 4.78 is 0. The zero-order valence-corrected chi connectivity index (χ0v) is 21.8. The number of nitrogens with one attached hydrogen (secondary N) is 2. The van der Waals surface area contributed by atoms with Crippen molar-refractivity contribution in [2.45, 2.75) is 59.4 Å². The number of hydrogen-bond acceptors (Lipinski definition) is 5. The van der Waals surface area contributed by atoms with Crippen LogP contribution in [-0.4, -0.2) is 39.1 Å². The van der Waals surface area contributed by atoms with Gasteiger partial charge in [0.2, 0.25) is 5.91 Å². The Kier molecular flexibility index (Phi) is 7.59. The van der Waals surface area contributed by atoms with Gasteiger partial charge in [-0.1, -0.05) is 19.1 Å². The van der Waals surface area contributed by atoms with Crippen LogP contribution in [0.5, 0.6) is 0 Å². The number of carboxylic acids is 1. The number of rotatable bonds is 7. The summed E-state index contributed by atoms with van der Waals surface area (Å²) in [5, 5.41) is 19.5. The SMILES string of the molecule is Cc1cc(C(=O)Nc2ccc(-c3cc(N(C(=O)C4CCC(C)CC4)C(C)C)c(C(=O)O)s3)cc2)n[nH]1. The quantitative estimate of drug-likeness (QED) is 0.364. The summed E-state index contributed by atoms with van der Waals surface area (Å²) in [7, 11) is 0. The number of H-pyrrole nitrogens is 1. The van der Waals surface area contributed by atoms with Crippen molar-refractivity contribution in [1.82, 2.24) is 10.2 Å². The minimum Gasteiger partial charge on any atom is -0.477 e. The van der Waals surface area contributed by atoms with Crippen LogP contribution in [0.3, 0.4) is 0 Å². The number of aromatic carboxylic acids is 1. The predicted molar refractivity (Wildman–Crippen MR) is 142 cm³/mol. The minimum atomic E-state index is -1.05. The van der Waals surface area contributed by atoms with E-state index in [1.54, 1.807) is 29.2 Å². The second-order valence-electron chi connectivity index (χ2n) is 9.86. The van der Waals surface area contributed by atoms with Gasteiger partial charge in [0.15, 0.2) is 5.69 Å². The Bertz CT molecular complexity index is 1250. The van der Waals surface area contributed by atoms with Crippen molar-refractivity contribution >= 4 is 40.5 Å². The van der Waals surface area contributed by atoms with Gasteiger partial charge in [-0.05, 0) is 82.2 Å². The Morgan fingerprint density at radius 2 is 1.78 bits per heavy atom. The van der Waals surface area contributed by atoms with E-state index < -0.39 is 5.97 Å². The normalized spacial score (nSPS) is 17.7. The highest BCUT2D eigenvalue weighted by Gasteiger charge is 2.33. The van der Waals surface area contributed by atoms with Crippen molar-refractivity contribution in [3.8, 4) is 10.4 Å². The van der Waals surface area contributed by atoms with E-state index in [0.717, 1.165) is 53.2 Å². The molecule has 2 aromatic heterocycles. The first kappa shape index (κ1) is 25.6. The summed E-state index contributed by atoms with van der Waals surface area (Å²) in [6.07, 6.45) is 3.72. The van der Waals surface area contributed by atoms with Gasteiger partial charge in [-0.25, -0.2) is 4.79 Å². The average molecular weight is 509 g/mol. The number of carboxylic acid groups (broad SMARTS) is 1. The van der Waals surface area contributed by atoms with Crippen LogP contribution >= 0.6 is 11.3 Å². The molecule has 0 bridgehead atoms. The lowest BCUT2D eigenvalue weighted by Gasteiger charge is -2.33. The van der Waals surface area contributed by atoms with Gasteiger partial charge in [0.05, 0.1) is 5.69 Å². The monoisotopic (exact) mass is 508 g/mol. The van der Waals surface area contributed by atoms with Gasteiger partial charge in [0, 0.05) is 28.2 Å². The molecule has 4 rings (SSSR count). The smallest absolute Gasteiger partial charge is 0.348 e. The lowest BCUT2D eigenvalue weighted by molar-refractivity contribution is -0.123. The molecule has 36 heavy (non-hydrogen) atoms. The molecule has 1 aliphatic rings. The molecule has 1 saturated carbocycles. The Labute approximate surface area is 214 Å². The third-order valence-corrected chi connectivity index (χ3v) is 7.81. The molecular formula is C27H32N4O4S. The second-order valence-corrected chi connectivity index (χ2v) is 10.9. The van der Waals surface area contributed by atoms with Gasteiger partial charge in [0.1, 0.15) is 4.88 Å². The maximum atomic E-state index is 13.5. The molecule has 1 aliphatic carbocycles. The van der Waals surface area contributed by atoms with Gasteiger partial charge in [-0.15, -0.1) is 11.3 Å². The standard InChI is InChI=1S/C27H32N4O4S/c1-15(2)31(26(33)19-7-5-16(3)6-8-19)22-14-23(36-24(22)27(34)35)18-9-11-20(12-10-18)28-25(32)21-13-17(4)29-30-21/h9-16,19H,5-8H2,1-4H3,(H,28,32)(H,29,30)(H,34,35). The van der Waals surface area contributed by atoms with Crippen LogP contribution in [0.1, 0.15) is 72.3 Å². The van der Waals surface area contributed by atoms with Crippen molar-refractivity contribution in [3.63, 3.8) is 0 Å². The Morgan fingerprint density at radius 3 is 2.33 bits per heavy atom. The maximum absolute atomic E-state index is 13.5. The van der Waals surface area contributed by atoms with E-state index in [0.29, 0.717) is 23.0 Å². The summed E-state index contributed by atoms with van der Waals surface area (Å²) in [5.74, 6) is -0.803. The number of carbonyl (C=O) groups is 3. The average Bonchev–Trinajstić information content (AvgIpc) is 3.47. The summed E-state index contributed by atoms with van der Waals surface area (Å²) >= 11 is 1.16. The third kappa shape index (κ3) is 5.51. The first-order valence-electron chi connectivity index (χ1n) is 12.3. The number of thiophene rings is 1. The minimum absolute atomic E-state index is 0.00964. The van der Waals surface area contributed by atoms with E-state index in [4.69, 9.17) is 0 Å². The molecule has 2 amide bonds. The molecule has 3 N–H and O–H groups in total. The van der Waals surface area contributed by atoms with Crippen molar-refractivity contribution in [2.75, 3.05) is 10.2 Å². The zero-order valence-electron chi connectivity index (χ0n) is 21.0. The maximum Gasteiger partial charge on any atom is 0.348 e. The first-order valence-corrected chi connectivity index (χ1v) is 13.1. The number of benzene rings is 1. The van der Waals surface area contributed by atoms with Crippen LogP contribution in [0.15, 0.2) is 36.4 Å². The van der Waals surface area contributed by atoms with Gasteiger partial charge in [-0.3, -0.25) is 14.7 Å². The van der Waals surface area contributed by atoms with Gasteiger partial charge < -0.3 is 15.3 Å². The molecule has 2 heterocycles. The number of anilines is 2. The molecule has 190 valence electrons. The fourth-order valence-corrected chi connectivity index (χ4v) is 5.65. The lowest BCUT2D eigenvalue weighted by Crippen LogP contribution is -2.42. The first-order chi connectivity index (χ1) is 17.1. The van der Waals surface area contributed by atoms with E-state index in [-0.39, 0.29) is 28.7 Å². The molecule has 0 unspecified atom stereocenters. The third-order valence-electron chi connectivity index (χ3n) is 6.65. The summed E-state index contributed by atoms with van der Waals surface area (Å²) in [6, 6.07) is 10.5. The second kappa shape index (κ2) is 10.7. The summed E-state index contributed by atoms with van der Waals surface area (Å²) in [6.45, 7) is 7.88. The van der Waals surface area contributed by atoms with Crippen LogP contribution < -0.4 is 10.2 Å². The van der Waals surface area contributed by atoms with Crippen molar-refractivity contribution in [2.24, 2.45) is 11.8 Å².